The zero-order valence-electron chi connectivity index (χ0n) is 17.9. The van der Waals surface area contributed by atoms with Gasteiger partial charge in [0.2, 0.25) is 0 Å². The molecule has 0 spiro atoms. The number of nitrogens with two attached hydrogens (primary N) is 1. The van der Waals surface area contributed by atoms with Crippen molar-refractivity contribution in [2.45, 2.75) is 38.7 Å². The van der Waals surface area contributed by atoms with E-state index in [0.29, 0.717) is 12.3 Å². The van der Waals surface area contributed by atoms with Crippen molar-refractivity contribution in [1.29, 1.82) is 0 Å². The van der Waals surface area contributed by atoms with E-state index in [0.717, 1.165) is 11.6 Å². The van der Waals surface area contributed by atoms with Crippen LogP contribution < -0.4 is 11.1 Å². The topological polar surface area (TPSA) is 176 Å². The van der Waals surface area contributed by atoms with E-state index in [2.05, 4.69) is 5.32 Å². The molecular weight excluding hydrogens is 417 g/mol. The van der Waals surface area contributed by atoms with Crippen LogP contribution in [0.4, 0.5) is 5.69 Å². The van der Waals surface area contributed by atoms with Gasteiger partial charge in [0.1, 0.15) is 6.04 Å². The smallest absolute Gasteiger partial charge is 0.469 e. The van der Waals surface area contributed by atoms with Crippen molar-refractivity contribution >= 4 is 24.7 Å². The maximum absolute atomic E-state index is 12.1. The minimum atomic E-state index is -1.37. The van der Waals surface area contributed by atoms with E-state index in [1.165, 1.54) is 18.2 Å². The number of hydrogen-bond donors (Lipinski definition) is 5. The minimum Gasteiger partial charge on any atom is -0.480 e. The Hall–Kier alpha value is -3.28. The summed E-state index contributed by atoms with van der Waals surface area (Å²) in [5, 5.41) is 39.4. The van der Waals surface area contributed by atoms with Crippen LogP contribution in [0.25, 0.3) is 0 Å². The maximum atomic E-state index is 12.1. The summed E-state index contributed by atoms with van der Waals surface area (Å²) in [5.74, 6) is -1.92. The molecular formula is C21H28BN3O7. The molecule has 0 bridgehead atoms. The summed E-state index contributed by atoms with van der Waals surface area (Å²) < 4.78 is 0. The first-order valence-corrected chi connectivity index (χ1v) is 9.95. The van der Waals surface area contributed by atoms with Crippen molar-refractivity contribution in [2.75, 3.05) is 0 Å². The van der Waals surface area contributed by atoms with Crippen LogP contribution in [-0.4, -0.2) is 51.1 Å². The summed E-state index contributed by atoms with van der Waals surface area (Å²) in [6.45, 7) is 3.98. The molecule has 11 heteroatoms. The highest BCUT2D eigenvalue weighted by atomic mass is 16.6. The lowest BCUT2D eigenvalue weighted by atomic mass is 9.76. The number of rotatable bonds is 9. The fourth-order valence-electron chi connectivity index (χ4n) is 2.72. The summed E-state index contributed by atoms with van der Waals surface area (Å²) in [5.41, 5.74) is 5.89. The number of nitrogens with zero attached hydrogens (tertiary/aromatic N) is 1. The highest BCUT2D eigenvalue weighted by molar-refractivity contribution is 6.43. The van der Waals surface area contributed by atoms with E-state index >= 15 is 0 Å². The Morgan fingerprint density at radius 3 is 2.22 bits per heavy atom. The molecule has 0 aliphatic rings. The molecule has 32 heavy (non-hydrogen) atoms. The van der Waals surface area contributed by atoms with Gasteiger partial charge in [0, 0.05) is 30.1 Å². The molecule has 0 aliphatic carbocycles. The predicted octanol–water partition coefficient (Wildman–Crippen LogP) is 1.39. The number of nitro groups is 1. The van der Waals surface area contributed by atoms with Gasteiger partial charge in [-0.2, -0.15) is 0 Å². The molecule has 1 amide bonds. The zero-order valence-corrected chi connectivity index (χ0v) is 17.9. The van der Waals surface area contributed by atoms with E-state index in [9.17, 15) is 24.8 Å². The Kier molecular flexibility index (Phi) is 11.0. The van der Waals surface area contributed by atoms with E-state index in [1.807, 2.05) is 13.8 Å². The van der Waals surface area contributed by atoms with Crippen molar-refractivity contribution in [2.24, 2.45) is 11.7 Å². The molecule has 0 saturated carbocycles. The van der Waals surface area contributed by atoms with E-state index in [1.54, 1.807) is 30.3 Å². The summed E-state index contributed by atoms with van der Waals surface area (Å²) in [6.07, 6.45) is 0.772. The third-order valence-electron chi connectivity index (χ3n) is 4.33. The van der Waals surface area contributed by atoms with Gasteiger partial charge < -0.3 is 26.2 Å². The van der Waals surface area contributed by atoms with Crippen LogP contribution in [0.5, 0.6) is 0 Å². The summed E-state index contributed by atoms with van der Waals surface area (Å²) >= 11 is 0. The number of nitro benzene ring substituents is 1. The molecule has 0 saturated heterocycles. The molecule has 0 fully saturated rings. The Morgan fingerprint density at radius 2 is 1.75 bits per heavy atom. The second kappa shape index (κ2) is 13.2. The van der Waals surface area contributed by atoms with Crippen LogP contribution in [0.2, 0.25) is 0 Å². The van der Waals surface area contributed by atoms with Crippen LogP contribution in [0.1, 0.15) is 36.2 Å². The van der Waals surface area contributed by atoms with Gasteiger partial charge in [0.15, 0.2) is 0 Å². The molecule has 2 aromatic rings. The predicted molar refractivity (Wildman–Crippen MR) is 120 cm³/mol. The van der Waals surface area contributed by atoms with Crippen LogP contribution in [-0.2, 0) is 11.2 Å². The van der Waals surface area contributed by atoms with Gasteiger partial charge in [0.25, 0.3) is 11.6 Å². The summed E-state index contributed by atoms with van der Waals surface area (Å²) in [4.78, 5) is 33.6. The van der Waals surface area contributed by atoms with Crippen molar-refractivity contribution in [3.8, 4) is 0 Å². The van der Waals surface area contributed by atoms with Crippen LogP contribution in [0.15, 0.2) is 54.6 Å². The third-order valence-corrected chi connectivity index (χ3v) is 4.33. The summed E-state index contributed by atoms with van der Waals surface area (Å²) in [6, 6.07) is 12.9. The SMILES string of the molecule is CC(C)C[C@H](N)B(O)O.O=C(N[C@@H](Cc1ccccc1)C(=O)O)c1cccc([N+](=O)[O-])c1. The fourth-order valence-corrected chi connectivity index (χ4v) is 2.72. The largest absolute Gasteiger partial charge is 0.480 e. The van der Waals surface area contributed by atoms with E-state index in [-0.39, 0.29) is 17.7 Å². The number of nitrogens with one attached hydrogen (secondary N) is 1. The monoisotopic (exact) mass is 445 g/mol. The number of carboxylic acid groups (broad SMARTS) is 1. The van der Waals surface area contributed by atoms with E-state index in [4.69, 9.17) is 15.8 Å². The molecule has 172 valence electrons. The van der Waals surface area contributed by atoms with Crippen LogP contribution in [0, 0.1) is 16.0 Å². The number of aliphatic carboxylic acids is 1. The second-order valence-electron chi connectivity index (χ2n) is 7.57. The van der Waals surface area contributed by atoms with Crippen molar-refractivity contribution in [1.82, 2.24) is 5.32 Å². The Balaban J connectivity index is 0.000000482. The second-order valence-corrected chi connectivity index (χ2v) is 7.57. The third kappa shape index (κ3) is 9.69. The molecule has 0 heterocycles. The first-order chi connectivity index (χ1) is 15.0. The molecule has 2 atom stereocenters. The van der Waals surface area contributed by atoms with Gasteiger partial charge in [-0.25, -0.2) is 4.79 Å². The van der Waals surface area contributed by atoms with Gasteiger partial charge in [-0.15, -0.1) is 0 Å². The number of non-ortho nitro benzene ring substituents is 1. The van der Waals surface area contributed by atoms with Gasteiger partial charge in [-0.05, 0) is 24.0 Å². The van der Waals surface area contributed by atoms with Crippen molar-refractivity contribution in [3.63, 3.8) is 0 Å². The number of carbonyl (C=O) groups excluding carboxylic acids is 1. The zero-order chi connectivity index (χ0) is 24.3. The lowest BCUT2D eigenvalue weighted by molar-refractivity contribution is -0.384. The Bertz CT molecular complexity index is 894. The average Bonchev–Trinajstić information content (AvgIpc) is 2.73. The average molecular weight is 445 g/mol. The molecule has 0 radical (unpaired) electrons. The molecule has 0 unspecified atom stereocenters. The molecule has 2 aromatic carbocycles. The molecule has 6 N–H and O–H groups in total. The van der Waals surface area contributed by atoms with Gasteiger partial charge >= 0.3 is 13.1 Å². The van der Waals surface area contributed by atoms with E-state index < -0.39 is 35.9 Å². The van der Waals surface area contributed by atoms with Gasteiger partial charge in [-0.1, -0.05) is 50.2 Å². The lowest BCUT2D eigenvalue weighted by Gasteiger charge is -2.14. The number of carboxylic acids is 1. The number of hydrogen-bond acceptors (Lipinski definition) is 7. The van der Waals surface area contributed by atoms with Gasteiger partial charge in [0.05, 0.1) is 4.92 Å². The normalized spacial score (nSPS) is 12.2. The minimum absolute atomic E-state index is 0.0403. The standard InChI is InChI=1S/C16H14N2O5.C5H14BNO2/c19-15(12-7-4-8-13(10-12)18(22)23)17-14(16(20)21)9-11-5-2-1-3-6-11;1-4(2)3-5(7)6(8)9/h1-8,10,14H,9H2,(H,17,19)(H,20,21);4-5,8-9H,3,7H2,1-2H3/t14-;5-/m00/s1. The lowest BCUT2D eigenvalue weighted by Crippen LogP contribution is -2.42. The Labute approximate surface area is 186 Å². The van der Waals surface area contributed by atoms with Crippen molar-refractivity contribution in [3.05, 3.63) is 75.8 Å². The number of benzene rings is 2. The number of carbonyl (C=O) groups is 2. The Morgan fingerprint density at radius 1 is 1.12 bits per heavy atom. The highest BCUT2D eigenvalue weighted by Gasteiger charge is 2.22. The first-order valence-electron chi connectivity index (χ1n) is 9.95. The van der Waals surface area contributed by atoms with Crippen LogP contribution in [0.3, 0.4) is 0 Å². The number of amides is 1. The highest BCUT2D eigenvalue weighted by Crippen LogP contribution is 2.13. The fraction of sp³-hybridized carbons (Fsp3) is 0.333. The van der Waals surface area contributed by atoms with Crippen LogP contribution >= 0.6 is 0 Å². The van der Waals surface area contributed by atoms with Gasteiger partial charge in [-0.3, -0.25) is 14.9 Å². The molecule has 2 rings (SSSR count). The van der Waals surface area contributed by atoms with Crippen molar-refractivity contribution < 1.29 is 29.7 Å². The quantitative estimate of drug-likeness (QED) is 0.218. The maximum Gasteiger partial charge on any atom is 0.469 e. The molecule has 10 nitrogen and oxygen atoms in total. The first kappa shape index (κ1) is 26.8. The summed E-state index contributed by atoms with van der Waals surface area (Å²) in [7, 11) is -1.37. The molecule has 0 aromatic heterocycles. The molecule has 0 aliphatic heterocycles.